The molecule has 0 N–H and O–H groups in total. The van der Waals surface area contributed by atoms with Crippen LogP contribution in [0.3, 0.4) is 0 Å². The number of halogens is 1. The van der Waals surface area contributed by atoms with Gasteiger partial charge in [0.05, 0.1) is 0 Å². The molecule has 0 aliphatic heterocycles. The van der Waals surface area contributed by atoms with Gasteiger partial charge in [0, 0.05) is 0 Å². The van der Waals surface area contributed by atoms with Crippen molar-refractivity contribution in [1.29, 1.82) is 0 Å². The number of hydrogen-bond donors (Lipinski definition) is 0. The Labute approximate surface area is 89.6 Å². The molecule has 11 heavy (non-hydrogen) atoms. The van der Waals surface area contributed by atoms with Crippen molar-refractivity contribution in [2.45, 2.75) is 20.8 Å². The normalized spacial score (nSPS) is 8.55. The molecule has 0 aliphatic carbocycles. The van der Waals surface area contributed by atoms with Crippen LogP contribution in [0.4, 0.5) is 0 Å². The van der Waals surface area contributed by atoms with Gasteiger partial charge in [-0.15, -0.1) is 0 Å². The Balaban J connectivity index is 0.000000461. The zero-order valence-corrected chi connectivity index (χ0v) is 12.4. The van der Waals surface area contributed by atoms with Crippen molar-refractivity contribution in [1.82, 2.24) is 0 Å². The van der Waals surface area contributed by atoms with E-state index < -0.39 is 0 Å². The first-order valence-corrected chi connectivity index (χ1v) is 12.5. The monoisotopic (exact) mass is 310 g/mol. The number of hydrogen-bond acceptors (Lipinski definition) is 0. The molecule has 0 atom stereocenters. The SMILES string of the molecule is Cc1[c-]c(C)cc(C)c1.[Zn+][I]. The second kappa shape index (κ2) is 6.13. The third-order valence-electron chi connectivity index (χ3n) is 1.28. The Morgan fingerprint density at radius 1 is 1.09 bits per heavy atom. The van der Waals surface area contributed by atoms with E-state index >= 15 is 0 Å². The topological polar surface area (TPSA) is 0 Å². The first kappa shape index (κ1) is 11.6. The van der Waals surface area contributed by atoms with Gasteiger partial charge in [-0.05, 0) is 0 Å². The molecule has 1 aromatic carbocycles. The van der Waals surface area contributed by atoms with Crippen molar-refractivity contribution in [3.05, 3.63) is 34.9 Å². The van der Waals surface area contributed by atoms with E-state index in [1.165, 1.54) is 31.5 Å². The van der Waals surface area contributed by atoms with Crippen LogP contribution in [0.5, 0.6) is 0 Å². The van der Waals surface area contributed by atoms with Crippen LogP contribution in [-0.4, -0.2) is 0 Å². The molecule has 0 aliphatic rings. The summed E-state index contributed by atoms with van der Waals surface area (Å²) in [6, 6.07) is 7.47. The molecular weight excluding hydrogens is 300 g/mol. The summed E-state index contributed by atoms with van der Waals surface area (Å²) in [7, 11) is 0. The van der Waals surface area contributed by atoms with E-state index in [0.717, 1.165) is 0 Å². The minimum atomic E-state index is 1.23. The van der Waals surface area contributed by atoms with Crippen LogP contribution in [0.1, 0.15) is 16.7 Å². The molecule has 0 saturated carbocycles. The molecule has 0 nitrogen and oxygen atoms in total. The van der Waals surface area contributed by atoms with Crippen molar-refractivity contribution in [3.8, 4) is 0 Å². The first-order chi connectivity index (χ1) is 5.18. The van der Waals surface area contributed by atoms with Gasteiger partial charge < -0.3 is 0 Å². The van der Waals surface area contributed by atoms with Crippen LogP contribution in [0.25, 0.3) is 0 Å². The van der Waals surface area contributed by atoms with Gasteiger partial charge in [0.2, 0.25) is 0 Å². The Hall–Kier alpha value is 0.573. The van der Waals surface area contributed by atoms with Gasteiger partial charge in [-0.1, -0.05) is 20.8 Å². The third-order valence-corrected chi connectivity index (χ3v) is 1.28. The van der Waals surface area contributed by atoms with Gasteiger partial charge in [0.15, 0.2) is 0 Å². The van der Waals surface area contributed by atoms with Crippen LogP contribution >= 0.6 is 19.8 Å². The van der Waals surface area contributed by atoms with E-state index in [2.05, 4.69) is 58.7 Å². The zero-order chi connectivity index (χ0) is 8.85. The Morgan fingerprint density at radius 3 is 1.73 bits per heavy atom. The summed E-state index contributed by atoms with van der Waals surface area (Å²) in [5, 5.41) is 0. The minimum absolute atomic E-state index is 1.23. The fourth-order valence-electron chi connectivity index (χ4n) is 1.11. The molecule has 1 rings (SSSR count). The molecule has 1 aromatic rings. The molecule has 0 amide bonds. The Morgan fingerprint density at radius 2 is 1.45 bits per heavy atom. The van der Waals surface area contributed by atoms with E-state index in [9.17, 15) is 0 Å². The van der Waals surface area contributed by atoms with Gasteiger partial charge in [-0.3, -0.25) is 0 Å². The summed E-state index contributed by atoms with van der Waals surface area (Å²) in [6.45, 7) is 6.24. The molecule has 56 valence electrons. The maximum atomic E-state index is 3.21. The molecule has 0 unspecified atom stereocenters. The van der Waals surface area contributed by atoms with Crippen LogP contribution in [0.15, 0.2) is 12.1 Å². The van der Waals surface area contributed by atoms with Crippen LogP contribution in [0.2, 0.25) is 0 Å². The second-order valence-corrected chi connectivity index (χ2v) is 2.52. The van der Waals surface area contributed by atoms with Crippen molar-refractivity contribution < 1.29 is 14.8 Å². The van der Waals surface area contributed by atoms with Crippen LogP contribution in [0, 0.1) is 26.8 Å². The molecule has 0 saturated heterocycles. The number of benzene rings is 1. The number of rotatable bonds is 0. The summed E-state index contributed by atoms with van der Waals surface area (Å²) in [5.41, 5.74) is 3.78. The fraction of sp³-hybridized carbons (Fsp3) is 0.333. The molecule has 2 heteroatoms. The maximum absolute atomic E-state index is 3.21. The van der Waals surface area contributed by atoms with Crippen molar-refractivity contribution in [3.63, 3.8) is 0 Å². The van der Waals surface area contributed by atoms with E-state index in [0.29, 0.717) is 0 Å². The molecule has 0 heterocycles. The van der Waals surface area contributed by atoms with E-state index in [1.54, 1.807) is 0 Å². The Bertz CT molecular complexity index is 170. The van der Waals surface area contributed by atoms with E-state index in [-0.39, 0.29) is 0 Å². The summed E-state index contributed by atoms with van der Waals surface area (Å²) in [4.78, 5) is 0. The third kappa shape index (κ3) is 4.92. The van der Waals surface area contributed by atoms with Gasteiger partial charge in [0.1, 0.15) is 0 Å². The quantitative estimate of drug-likeness (QED) is 0.392. The molecule has 0 fully saturated rings. The van der Waals surface area contributed by atoms with Crippen molar-refractivity contribution >= 4 is 19.8 Å². The number of aryl methyl sites for hydroxylation is 3. The summed E-state index contributed by atoms with van der Waals surface area (Å²) in [5.74, 6) is 0. The van der Waals surface area contributed by atoms with Gasteiger partial charge >= 0.3 is 34.5 Å². The van der Waals surface area contributed by atoms with Crippen molar-refractivity contribution in [2.75, 3.05) is 0 Å². The van der Waals surface area contributed by atoms with Gasteiger partial charge in [-0.25, -0.2) is 0 Å². The summed E-state index contributed by atoms with van der Waals surface area (Å²) < 4.78 is 0. The standard InChI is InChI=1S/C9H11.HI.Zn/c1-7-4-8(2)6-9(3)5-7;;/h4-5H,1-3H3;1H;/q-1;;+2/p-1. The average molecular weight is 311 g/mol. The molecule has 0 aromatic heterocycles. The second-order valence-electron chi connectivity index (χ2n) is 2.52. The van der Waals surface area contributed by atoms with Gasteiger partial charge in [-0.2, -0.15) is 34.9 Å². The van der Waals surface area contributed by atoms with Crippen molar-refractivity contribution in [2.24, 2.45) is 0 Å². The van der Waals surface area contributed by atoms with E-state index in [1.807, 2.05) is 0 Å². The van der Waals surface area contributed by atoms with Gasteiger partial charge in [0.25, 0.3) is 0 Å². The molecule has 0 spiro atoms. The first-order valence-electron chi connectivity index (χ1n) is 3.42. The molecule has 0 bridgehead atoms. The average Bonchev–Trinajstić information content (AvgIpc) is 1.88. The predicted octanol–water partition coefficient (Wildman–Crippen LogP) is 3.30. The summed E-state index contributed by atoms with van der Waals surface area (Å²) >= 11 is 3.62. The Kier molecular flexibility index (Phi) is 6.45. The molecule has 0 radical (unpaired) electrons. The fourth-order valence-corrected chi connectivity index (χ4v) is 1.11. The van der Waals surface area contributed by atoms with E-state index in [4.69, 9.17) is 0 Å². The van der Waals surface area contributed by atoms with Crippen LogP contribution in [-0.2, 0) is 14.8 Å². The zero-order valence-electron chi connectivity index (χ0n) is 7.24. The summed E-state index contributed by atoms with van der Waals surface area (Å²) in [6.07, 6.45) is 0. The van der Waals surface area contributed by atoms with Crippen LogP contribution < -0.4 is 0 Å². The molecular formula is C9H11IZn. The predicted molar refractivity (Wildman–Crippen MR) is 53.5 cm³/mol.